The molecule has 1 aromatic carbocycles. The van der Waals surface area contributed by atoms with Crippen molar-refractivity contribution >= 4 is 50.8 Å². The second-order valence-electron chi connectivity index (χ2n) is 9.27. The largest absolute Gasteiger partial charge is 0.444 e. The van der Waals surface area contributed by atoms with Crippen LogP contribution in [-0.2, 0) is 24.3 Å². The van der Waals surface area contributed by atoms with Crippen molar-refractivity contribution in [1.82, 2.24) is 14.7 Å². The monoisotopic (exact) mass is 561 g/mol. The molecule has 0 aliphatic carbocycles. The lowest BCUT2D eigenvalue weighted by Gasteiger charge is -2.40. The Labute approximate surface area is 220 Å². The molecule has 0 radical (unpaired) electrons. The van der Waals surface area contributed by atoms with Gasteiger partial charge in [0.1, 0.15) is 6.10 Å². The van der Waals surface area contributed by atoms with Crippen molar-refractivity contribution in [3.8, 4) is 0 Å². The van der Waals surface area contributed by atoms with Crippen molar-refractivity contribution in [2.75, 3.05) is 45.1 Å². The van der Waals surface area contributed by atoms with E-state index in [0.29, 0.717) is 41.7 Å². The Hall–Kier alpha value is -1.89. The van der Waals surface area contributed by atoms with Gasteiger partial charge in [0.2, 0.25) is 10.0 Å². The molecule has 3 aliphatic rings. The number of piperidine rings is 1. The summed E-state index contributed by atoms with van der Waals surface area (Å²) in [6, 6.07) is 5.20. The first kappa shape index (κ1) is 27.2. The number of hydroxylamine groups is 1. The van der Waals surface area contributed by atoms with Crippen LogP contribution in [-0.4, -0.2) is 86.1 Å². The molecule has 1 atom stereocenters. The van der Waals surface area contributed by atoms with Gasteiger partial charge in [-0.2, -0.15) is 4.31 Å². The molecule has 0 saturated carbocycles. The van der Waals surface area contributed by atoms with Gasteiger partial charge in [0.05, 0.1) is 24.4 Å². The van der Waals surface area contributed by atoms with Crippen molar-refractivity contribution in [3.63, 3.8) is 0 Å². The highest BCUT2D eigenvalue weighted by atomic mass is 35.5. The lowest BCUT2D eigenvalue weighted by atomic mass is 9.79. The fourth-order valence-electron chi connectivity index (χ4n) is 4.87. The predicted octanol–water partition coefficient (Wildman–Crippen LogP) is 2.93. The normalized spacial score (nSPS) is 22.7. The lowest BCUT2D eigenvalue weighted by molar-refractivity contribution is -0.141. The van der Waals surface area contributed by atoms with E-state index < -0.39 is 33.2 Å². The topological polar surface area (TPSA) is 125 Å². The molecule has 3 heterocycles. The zero-order valence-electron chi connectivity index (χ0n) is 19.6. The number of rotatable bonds is 6. The average molecular weight is 562 g/mol. The van der Waals surface area contributed by atoms with Crippen LogP contribution >= 0.6 is 23.2 Å². The highest BCUT2D eigenvalue weighted by molar-refractivity contribution is 7.89. The Bertz CT molecular complexity index is 1110. The van der Waals surface area contributed by atoms with Gasteiger partial charge in [-0.25, -0.2) is 18.7 Å². The van der Waals surface area contributed by atoms with E-state index in [-0.39, 0.29) is 45.1 Å². The second-order valence-corrected chi connectivity index (χ2v) is 12.1. The Morgan fingerprint density at radius 3 is 2.44 bits per heavy atom. The quantitative estimate of drug-likeness (QED) is 0.404. The third-order valence-electron chi connectivity index (χ3n) is 7.03. The number of hydrogen-bond donors (Lipinski definition) is 2. The molecular weight excluding hydrogens is 533 g/mol. The molecule has 36 heavy (non-hydrogen) atoms. The van der Waals surface area contributed by atoms with Crippen LogP contribution < -0.4 is 5.48 Å². The van der Waals surface area contributed by atoms with Crippen LogP contribution in [0.25, 0.3) is 5.57 Å². The maximum absolute atomic E-state index is 13.4. The number of amides is 2. The number of likely N-dealkylation sites (tertiary alicyclic amines) is 1. The number of hydrogen-bond acceptors (Lipinski definition) is 7. The molecular formula is C23H29Cl2N3O7S. The minimum absolute atomic E-state index is 0.0685. The lowest BCUT2D eigenvalue weighted by Crippen LogP contribution is -2.54. The molecule has 4 rings (SSSR count). The summed E-state index contributed by atoms with van der Waals surface area (Å²) in [5.41, 5.74) is 1.80. The molecule has 1 aromatic rings. The molecule has 0 bridgehead atoms. The van der Waals surface area contributed by atoms with Gasteiger partial charge in [-0.05, 0) is 37.0 Å². The van der Waals surface area contributed by atoms with E-state index in [9.17, 15) is 23.2 Å². The first-order chi connectivity index (χ1) is 17.1. The van der Waals surface area contributed by atoms with Crippen LogP contribution in [0.5, 0.6) is 0 Å². The molecule has 0 aromatic heterocycles. The summed E-state index contributed by atoms with van der Waals surface area (Å²) in [7, 11) is -3.88. The fourth-order valence-corrected chi connectivity index (χ4v) is 7.48. The van der Waals surface area contributed by atoms with Gasteiger partial charge in [-0.1, -0.05) is 35.3 Å². The molecule has 10 nitrogen and oxygen atoms in total. The summed E-state index contributed by atoms with van der Waals surface area (Å²) < 4.78 is 38.7. The van der Waals surface area contributed by atoms with E-state index in [1.807, 2.05) is 0 Å². The molecule has 2 saturated heterocycles. The summed E-state index contributed by atoms with van der Waals surface area (Å²) >= 11 is 12.6. The molecule has 0 spiro atoms. The number of carbonyl (C=O) groups is 2. The van der Waals surface area contributed by atoms with Crippen molar-refractivity contribution in [2.45, 2.75) is 31.8 Å². The van der Waals surface area contributed by atoms with Crippen LogP contribution in [0, 0.1) is 5.41 Å². The van der Waals surface area contributed by atoms with Crippen molar-refractivity contribution in [1.29, 1.82) is 0 Å². The van der Waals surface area contributed by atoms with Gasteiger partial charge >= 0.3 is 6.09 Å². The zero-order valence-corrected chi connectivity index (χ0v) is 21.9. The number of benzene rings is 1. The number of nitrogens with one attached hydrogen (secondary N) is 1. The Balaban J connectivity index is 1.43. The highest BCUT2D eigenvalue weighted by Gasteiger charge is 2.47. The molecule has 198 valence electrons. The first-order valence-corrected chi connectivity index (χ1v) is 14.1. The van der Waals surface area contributed by atoms with Crippen LogP contribution in [0.2, 0.25) is 10.0 Å². The number of sulfonamides is 1. The Morgan fingerprint density at radius 2 is 1.89 bits per heavy atom. The van der Waals surface area contributed by atoms with E-state index in [1.54, 1.807) is 29.8 Å². The molecule has 2 amide bonds. The van der Waals surface area contributed by atoms with Gasteiger partial charge in [0.25, 0.3) is 5.91 Å². The second kappa shape index (κ2) is 11.2. The van der Waals surface area contributed by atoms with Gasteiger partial charge in [-0.15, -0.1) is 0 Å². The zero-order chi connectivity index (χ0) is 25.9. The standard InChI is InChI=1S/C23H29Cl2N3O7S/c24-18-2-1-3-19(25)20(18)16-4-9-28(10-5-16)36(32,33)15-23(21(29)26-31)7-11-27(12-8-23)22(30)35-17-6-13-34-14-17/h1-4,17,31H,5-15H2,(H,26,29)/t17-/m0/s1. The Kier molecular flexibility index (Phi) is 8.48. The van der Waals surface area contributed by atoms with E-state index >= 15 is 0 Å². The molecule has 0 unspecified atom stereocenters. The number of carbonyl (C=O) groups excluding carboxylic acids is 2. The number of nitrogens with zero attached hydrogens (tertiary/aromatic N) is 2. The molecule has 13 heteroatoms. The van der Waals surface area contributed by atoms with E-state index in [2.05, 4.69) is 0 Å². The van der Waals surface area contributed by atoms with Gasteiger partial charge in [-0.3, -0.25) is 10.0 Å². The van der Waals surface area contributed by atoms with E-state index in [4.69, 9.17) is 32.7 Å². The summed E-state index contributed by atoms with van der Waals surface area (Å²) in [5.74, 6) is -1.26. The van der Waals surface area contributed by atoms with Crippen LogP contribution in [0.1, 0.15) is 31.2 Å². The number of halogens is 2. The summed E-state index contributed by atoms with van der Waals surface area (Å²) in [5, 5.41) is 10.4. The van der Waals surface area contributed by atoms with E-state index in [0.717, 1.165) is 5.57 Å². The maximum Gasteiger partial charge on any atom is 0.410 e. The van der Waals surface area contributed by atoms with Gasteiger partial charge in [0, 0.05) is 48.2 Å². The molecule has 2 N–H and O–H groups in total. The third-order valence-corrected chi connectivity index (χ3v) is 9.69. The Morgan fingerprint density at radius 1 is 1.19 bits per heavy atom. The predicted molar refractivity (Wildman–Crippen MR) is 133 cm³/mol. The smallest absolute Gasteiger partial charge is 0.410 e. The fraction of sp³-hybridized carbons (Fsp3) is 0.565. The van der Waals surface area contributed by atoms with Crippen LogP contribution in [0.15, 0.2) is 24.3 Å². The molecule has 2 fully saturated rings. The SMILES string of the molecule is O=C(O[C@H]1CCOC1)N1CCC(CS(=O)(=O)N2CC=C(c3c(Cl)cccc3Cl)CC2)(C(=O)NO)CC1. The minimum Gasteiger partial charge on any atom is -0.444 e. The highest BCUT2D eigenvalue weighted by Crippen LogP contribution is 2.37. The van der Waals surface area contributed by atoms with Gasteiger partial charge in [0.15, 0.2) is 0 Å². The van der Waals surface area contributed by atoms with E-state index in [1.165, 1.54) is 9.21 Å². The summed E-state index contributed by atoms with van der Waals surface area (Å²) in [4.78, 5) is 26.6. The minimum atomic E-state index is -3.88. The van der Waals surface area contributed by atoms with Crippen molar-refractivity contribution < 1.29 is 32.7 Å². The summed E-state index contributed by atoms with van der Waals surface area (Å²) in [6.45, 7) is 1.46. The summed E-state index contributed by atoms with van der Waals surface area (Å²) in [6.07, 6.45) is 2.13. The third kappa shape index (κ3) is 5.81. The van der Waals surface area contributed by atoms with Crippen molar-refractivity contribution in [3.05, 3.63) is 39.9 Å². The maximum atomic E-state index is 13.4. The first-order valence-electron chi connectivity index (χ1n) is 11.7. The van der Waals surface area contributed by atoms with Crippen molar-refractivity contribution in [2.24, 2.45) is 5.41 Å². The van der Waals surface area contributed by atoms with Crippen LogP contribution in [0.4, 0.5) is 4.79 Å². The van der Waals surface area contributed by atoms with Gasteiger partial charge < -0.3 is 14.4 Å². The molecule has 3 aliphatic heterocycles. The van der Waals surface area contributed by atoms with Crippen LogP contribution in [0.3, 0.4) is 0 Å². The number of ether oxygens (including phenoxy) is 2. The average Bonchev–Trinajstić information content (AvgIpc) is 3.37.